The molecule has 1 atom stereocenters. The van der Waals surface area contributed by atoms with Crippen molar-refractivity contribution in [3.05, 3.63) is 22.2 Å². The Hall–Kier alpha value is -0.920. The molecule has 1 amide bonds. The number of hydrogen-bond donors (Lipinski definition) is 1. The monoisotopic (exact) mass is 400 g/mol. The number of nitrogens with zero attached hydrogens (tertiary/aromatic N) is 3. The second kappa shape index (κ2) is 8.18. The van der Waals surface area contributed by atoms with Gasteiger partial charge in [0.1, 0.15) is 5.52 Å². The van der Waals surface area contributed by atoms with E-state index < -0.39 is 0 Å². The van der Waals surface area contributed by atoms with Gasteiger partial charge in [-0.25, -0.2) is 4.98 Å². The molecule has 25 heavy (non-hydrogen) atoms. The molecule has 0 bridgehead atoms. The van der Waals surface area contributed by atoms with Crippen molar-refractivity contribution in [3.63, 3.8) is 0 Å². The summed E-state index contributed by atoms with van der Waals surface area (Å²) in [6.45, 7) is 3.85. The van der Waals surface area contributed by atoms with E-state index in [2.05, 4.69) is 34.2 Å². The molecule has 0 spiro atoms. The zero-order valence-corrected chi connectivity index (χ0v) is 16.7. The number of piperidine rings is 1. The highest BCUT2D eigenvalue weighted by Crippen LogP contribution is 2.36. The van der Waals surface area contributed by atoms with E-state index in [1.165, 1.54) is 11.3 Å². The first-order valence-corrected chi connectivity index (χ1v) is 9.94. The number of benzene rings is 1. The topological polar surface area (TPSA) is 48.5 Å². The molecule has 1 fully saturated rings. The van der Waals surface area contributed by atoms with Crippen LogP contribution in [0.4, 0.5) is 5.13 Å². The number of nitrogens with one attached hydrogen (secondary N) is 1. The molecular formula is C17H22Cl2N4OS. The SMILES string of the molecule is CN(C)CCN1CCCC(C(=O)Nc2nc3c(Cl)ccc(Cl)c3s2)C1. The molecule has 1 aliphatic rings. The summed E-state index contributed by atoms with van der Waals surface area (Å²) < 4.78 is 0.806. The summed E-state index contributed by atoms with van der Waals surface area (Å²) in [7, 11) is 4.13. The lowest BCUT2D eigenvalue weighted by molar-refractivity contribution is -0.121. The van der Waals surface area contributed by atoms with Crippen LogP contribution in [0, 0.1) is 5.92 Å². The maximum Gasteiger partial charge on any atom is 0.230 e. The van der Waals surface area contributed by atoms with Gasteiger partial charge in [-0.1, -0.05) is 34.5 Å². The number of likely N-dealkylation sites (N-methyl/N-ethyl adjacent to an activating group) is 1. The van der Waals surface area contributed by atoms with Gasteiger partial charge in [0.15, 0.2) is 5.13 Å². The molecule has 1 unspecified atom stereocenters. The first kappa shape index (κ1) is 18.9. The number of anilines is 1. The van der Waals surface area contributed by atoms with Gasteiger partial charge < -0.3 is 15.1 Å². The van der Waals surface area contributed by atoms with E-state index in [0.29, 0.717) is 20.7 Å². The molecule has 1 saturated heterocycles. The normalized spacial score (nSPS) is 18.8. The van der Waals surface area contributed by atoms with Gasteiger partial charge >= 0.3 is 0 Å². The van der Waals surface area contributed by atoms with Crippen LogP contribution >= 0.6 is 34.5 Å². The first-order valence-electron chi connectivity index (χ1n) is 8.36. The number of carbonyl (C=O) groups excluding carboxylic acids is 1. The van der Waals surface area contributed by atoms with Gasteiger partial charge in [0.2, 0.25) is 5.91 Å². The molecule has 0 radical (unpaired) electrons. The van der Waals surface area contributed by atoms with Gasteiger partial charge in [-0.05, 0) is 45.6 Å². The lowest BCUT2D eigenvalue weighted by Gasteiger charge is -2.32. The smallest absolute Gasteiger partial charge is 0.230 e. The molecule has 8 heteroatoms. The quantitative estimate of drug-likeness (QED) is 0.828. The molecule has 1 aromatic heterocycles. The molecule has 136 valence electrons. The Morgan fingerprint density at radius 1 is 1.40 bits per heavy atom. The Morgan fingerprint density at radius 2 is 2.16 bits per heavy atom. The zero-order valence-electron chi connectivity index (χ0n) is 14.4. The molecule has 5 nitrogen and oxygen atoms in total. The Morgan fingerprint density at radius 3 is 2.88 bits per heavy atom. The lowest BCUT2D eigenvalue weighted by Crippen LogP contribution is -2.43. The summed E-state index contributed by atoms with van der Waals surface area (Å²) in [5, 5.41) is 4.66. The van der Waals surface area contributed by atoms with E-state index in [9.17, 15) is 4.79 Å². The number of aromatic nitrogens is 1. The van der Waals surface area contributed by atoms with E-state index in [1.54, 1.807) is 12.1 Å². The number of fused-ring (bicyclic) bond motifs is 1. The highest BCUT2D eigenvalue weighted by atomic mass is 35.5. The van der Waals surface area contributed by atoms with Crippen molar-refractivity contribution < 1.29 is 4.79 Å². The average Bonchev–Trinajstić information content (AvgIpc) is 3.02. The highest BCUT2D eigenvalue weighted by molar-refractivity contribution is 7.23. The van der Waals surface area contributed by atoms with E-state index >= 15 is 0 Å². The van der Waals surface area contributed by atoms with Crippen LogP contribution < -0.4 is 5.32 Å². The average molecular weight is 401 g/mol. The highest BCUT2D eigenvalue weighted by Gasteiger charge is 2.26. The molecular weight excluding hydrogens is 379 g/mol. The number of hydrogen-bond acceptors (Lipinski definition) is 5. The van der Waals surface area contributed by atoms with E-state index in [-0.39, 0.29) is 11.8 Å². The fourth-order valence-corrected chi connectivity index (χ4v) is 4.44. The third-order valence-electron chi connectivity index (χ3n) is 4.42. The van der Waals surface area contributed by atoms with Crippen molar-refractivity contribution in [2.24, 2.45) is 5.92 Å². The Labute approximate surface area is 161 Å². The van der Waals surface area contributed by atoms with E-state index in [4.69, 9.17) is 23.2 Å². The largest absolute Gasteiger partial charge is 0.308 e. The fourth-order valence-electron chi connectivity index (χ4n) is 3.02. The summed E-state index contributed by atoms with van der Waals surface area (Å²) in [5.74, 6) is 0.0229. The second-order valence-electron chi connectivity index (χ2n) is 6.66. The van der Waals surface area contributed by atoms with Gasteiger partial charge in [0.25, 0.3) is 0 Å². The molecule has 0 aliphatic carbocycles. The summed E-state index contributed by atoms with van der Waals surface area (Å²) in [6.07, 6.45) is 1.96. The van der Waals surface area contributed by atoms with Gasteiger partial charge in [-0.15, -0.1) is 0 Å². The number of halogens is 2. The molecule has 2 heterocycles. The van der Waals surface area contributed by atoms with Crippen molar-refractivity contribution in [1.29, 1.82) is 0 Å². The summed E-state index contributed by atoms with van der Waals surface area (Å²) in [4.78, 5) is 21.6. The van der Waals surface area contributed by atoms with Crippen LogP contribution in [-0.2, 0) is 4.79 Å². The summed E-state index contributed by atoms with van der Waals surface area (Å²) >= 11 is 13.7. The third kappa shape index (κ3) is 4.63. The third-order valence-corrected chi connectivity index (χ3v) is 6.15. The van der Waals surface area contributed by atoms with Gasteiger partial charge in [0, 0.05) is 19.6 Å². The molecule has 2 aromatic rings. The van der Waals surface area contributed by atoms with Crippen LogP contribution in [0.2, 0.25) is 10.0 Å². The van der Waals surface area contributed by atoms with Crippen LogP contribution in [0.3, 0.4) is 0 Å². The van der Waals surface area contributed by atoms with E-state index in [0.717, 1.165) is 43.7 Å². The summed E-state index contributed by atoms with van der Waals surface area (Å²) in [5.41, 5.74) is 0.644. The molecule has 3 rings (SSSR count). The number of rotatable bonds is 5. The second-order valence-corrected chi connectivity index (χ2v) is 8.47. The van der Waals surface area contributed by atoms with Crippen molar-refractivity contribution in [2.45, 2.75) is 12.8 Å². The van der Waals surface area contributed by atoms with Gasteiger partial charge in [0.05, 0.1) is 20.7 Å². The zero-order chi connectivity index (χ0) is 18.0. The number of carbonyl (C=O) groups is 1. The van der Waals surface area contributed by atoms with E-state index in [1.807, 2.05) is 0 Å². The standard InChI is InChI=1S/C17H22Cl2N4OS/c1-22(2)8-9-23-7-3-4-11(10-23)16(24)21-17-20-14-12(18)5-6-13(19)15(14)25-17/h5-6,11H,3-4,7-10H2,1-2H3,(H,20,21,24). The Bertz CT molecular complexity index is 725. The molecule has 1 N–H and O–H groups in total. The maximum atomic E-state index is 12.7. The van der Waals surface area contributed by atoms with Crippen molar-refractivity contribution in [2.75, 3.05) is 45.6 Å². The number of likely N-dealkylation sites (tertiary alicyclic amines) is 1. The predicted octanol–water partition coefficient (Wildman–Crippen LogP) is 3.82. The molecule has 1 aliphatic heterocycles. The van der Waals surface area contributed by atoms with Crippen LogP contribution in [0.1, 0.15) is 12.8 Å². The first-order chi connectivity index (χ1) is 11.9. The van der Waals surface area contributed by atoms with Gasteiger partial charge in [-0.2, -0.15) is 0 Å². The lowest BCUT2D eigenvalue weighted by atomic mass is 9.97. The van der Waals surface area contributed by atoms with Crippen molar-refractivity contribution >= 4 is 55.8 Å². The van der Waals surface area contributed by atoms with Crippen LogP contribution in [0.15, 0.2) is 12.1 Å². The minimum atomic E-state index is -0.00568. The van der Waals surface area contributed by atoms with Crippen LogP contribution in [0.5, 0.6) is 0 Å². The van der Waals surface area contributed by atoms with Crippen LogP contribution in [0.25, 0.3) is 10.2 Å². The minimum absolute atomic E-state index is 0.00568. The number of thiazole rings is 1. The van der Waals surface area contributed by atoms with Crippen LogP contribution in [-0.4, -0.2) is 61.0 Å². The fraction of sp³-hybridized carbons (Fsp3) is 0.529. The van der Waals surface area contributed by atoms with Gasteiger partial charge in [-0.3, -0.25) is 4.79 Å². The minimum Gasteiger partial charge on any atom is -0.308 e. The molecule has 1 aromatic carbocycles. The van der Waals surface area contributed by atoms with Crippen molar-refractivity contribution in [3.8, 4) is 0 Å². The predicted molar refractivity (Wildman–Crippen MR) is 106 cm³/mol. The van der Waals surface area contributed by atoms with Crippen molar-refractivity contribution in [1.82, 2.24) is 14.8 Å². The molecule has 0 saturated carbocycles. The Kier molecular flexibility index (Phi) is 6.17. The Balaban J connectivity index is 1.65. The summed E-state index contributed by atoms with van der Waals surface area (Å²) in [6, 6.07) is 3.47. The number of amides is 1. The maximum absolute atomic E-state index is 12.7.